The SMILES string of the molecule is CCC.Cc1ccc(OC(C)(Cc2ccc(OCCc3coc(-c4ccccc4)n3)cc2)C(=O)O)cc1. The molecule has 0 spiro atoms. The highest BCUT2D eigenvalue weighted by molar-refractivity contribution is 5.78. The van der Waals surface area contributed by atoms with Gasteiger partial charge < -0.3 is 19.0 Å². The standard InChI is InChI=1S/C28H27NO5.C3H8/c1-20-8-12-25(13-9-20)34-28(2,27(30)31)18-21-10-14-24(15-11-21)32-17-16-23-19-33-26(29-23)22-6-4-3-5-7-22;1-3-2/h3-15,19H,16-18H2,1-2H3,(H,30,31);3H2,1-2H3. The minimum atomic E-state index is -1.39. The molecule has 1 heterocycles. The van der Waals surface area contributed by atoms with Crippen LogP contribution in [0.5, 0.6) is 11.5 Å². The van der Waals surface area contributed by atoms with E-state index in [-0.39, 0.29) is 6.42 Å². The fraction of sp³-hybridized carbons (Fsp3) is 0.290. The van der Waals surface area contributed by atoms with Gasteiger partial charge in [-0.1, -0.05) is 68.3 Å². The first-order valence-electron chi connectivity index (χ1n) is 12.5. The first-order chi connectivity index (χ1) is 17.8. The molecule has 6 nitrogen and oxygen atoms in total. The average molecular weight is 502 g/mol. The van der Waals surface area contributed by atoms with Gasteiger partial charge in [0.05, 0.1) is 12.3 Å². The second kappa shape index (κ2) is 13.3. The van der Waals surface area contributed by atoms with Crippen LogP contribution in [0.3, 0.4) is 0 Å². The number of nitrogens with zero attached hydrogens (tertiary/aromatic N) is 1. The van der Waals surface area contributed by atoms with E-state index >= 15 is 0 Å². The van der Waals surface area contributed by atoms with E-state index in [9.17, 15) is 9.90 Å². The fourth-order valence-electron chi connectivity index (χ4n) is 3.52. The molecule has 0 amide bonds. The summed E-state index contributed by atoms with van der Waals surface area (Å²) in [5.74, 6) is 0.802. The zero-order valence-corrected chi connectivity index (χ0v) is 21.9. The number of aliphatic carboxylic acids is 1. The van der Waals surface area contributed by atoms with E-state index in [1.54, 1.807) is 25.3 Å². The molecule has 0 aliphatic heterocycles. The molecule has 1 unspecified atom stereocenters. The Labute approximate surface area is 218 Å². The van der Waals surface area contributed by atoms with Crippen LogP contribution in [0.1, 0.15) is 44.0 Å². The Morgan fingerprint density at radius 3 is 2.19 bits per heavy atom. The number of aryl methyl sites for hydroxylation is 1. The van der Waals surface area contributed by atoms with E-state index in [0.29, 0.717) is 30.4 Å². The lowest BCUT2D eigenvalue weighted by molar-refractivity contribution is -0.153. The number of carboxylic acid groups (broad SMARTS) is 1. The maximum absolute atomic E-state index is 12.0. The lowest BCUT2D eigenvalue weighted by Gasteiger charge is -2.26. The summed E-state index contributed by atoms with van der Waals surface area (Å²) in [6.07, 6.45) is 3.73. The van der Waals surface area contributed by atoms with Crippen molar-refractivity contribution >= 4 is 5.97 Å². The van der Waals surface area contributed by atoms with Gasteiger partial charge >= 0.3 is 5.97 Å². The quantitative estimate of drug-likeness (QED) is 0.248. The van der Waals surface area contributed by atoms with Gasteiger partial charge in [-0.05, 0) is 55.8 Å². The molecule has 0 bridgehead atoms. The number of benzene rings is 3. The van der Waals surface area contributed by atoms with Gasteiger partial charge in [0.15, 0.2) is 0 Å². The van der Waals surface area contributed by atoms with Gasteiger partial charge in [-0.25, -0.2) is 9.78 Å². The number of oxazole rings is 1. The third kappa shape index (κ3) is 8.24. The molecule has 6 heteroatoms. The van der Waals surface area contributed by atoms with E-state index in [0.717, 1.165) is 22.4 Å². The van der Waals surface area contributed by atoms with Crippen LogP contribution in [0.4, 0.5) is 0 Å². The fourth-order valence-corrected chi connectivity index (χ4v) is 3.52. The van der Waals surface area contributed by atoms with Crippen LogP contribution < -0.4 is 9.47 Å². The van der Waals surface area contributed by atoms with Crippen molar-refractivity contribution in [2.24, 2.45) is 0 Å². The van der Waals surface area contributed by atoms with Gasteiger partial charge in [-0.3, -0.25) is 0 Å². The predicted molar refractivity (Wildman–Crippen MR) is 145 cm³/mol. The zero-order chi connectivity index (χ0) is 26.7. The van der Waals surface area contributed by atoms with E-state index in [4.69, 9.17) is 13.9 Å². The second-order valence-electron chi connectivity index (χ2n) is 9.09. The highest BCUT2D eigenvalue weighted by Gasteiger charge is 2.36. The molecule has 0 saturated heterocycles. The normalized spacial score (nSPS) is 12.1. The maximum atomic E-state index is 12.0. The average Bonchev–Trinajstić information content (AvgIpc) is 3.36. The van der Waals surface area contributed by atoms with Gasteiger partial charge in [0.2, 0.25) is 11.5 Å². The molecule has 1 atom stereocenters. The zero-order valence-electron chi connectivity index (χ0n) is 21.9. The molecule has 4 aromatic rings. The summed E-state index contributed by atoms with van der Waals surface area (Å²) < 4.78 is 17.2. The van der Waals surface area contributed by atoms with Crippen molar-refractivity contribution in [1.82, 2.24) is 4.98 Å². The van der Waals surface area contributed by atoms with E-state index in [1.165, 1.54) is 6.42 Å². The molecule has 37 heavy (non-hydrogen) atoms. The molecule has 1 N–H and O–H groups in total. The van der Waals surface area contributed by atoms with Gasteiger partial charge in [0.1, 0.15) is 17.8 Å². The lowest BCUT2D eigenvalue weighted by Crippen LogP contribution is -2.43. The van der Waals surface area contributed by atoms with Gasteiger partial charge in [-0.15, -0.1) is 0 Å². The third-order valence-corrected chi connectivity index (χ3v) is 5.48. The molecule has 194 valence electrons. The number of ether oxygens (including phenoxy) is 2. The van der Waals surface area contributed by atoms with Gasteiger partial charge in [-0.2, -0.15) is 0 Å². The van der Waals surface area contributed by atoms with Crippen molar-refractivity contribution in [3.05, 3.63) is 102 Å². The van der Waals surface area contributed by atoms with Gasteiger partial charge in [0, 0.05) is 18.4 Å². The molecule has 0 aliphatic carbocycles. The summed E-state index contributed by atoms with van der Waals surface area (Å²) in [5, 5.41) is 9.80. The van der Waals surface area contributed by atoms with Gasteiger partial charge in [0.25, 0.3) is 0 Å². The number of carbonyl (C=O) groups is 1. The van der Waals surface area contributed by atoms with Crippen LogP contribution in [-0.4, -0.2) is 28.3 Å². The number of hydrogen-bond donors (Lipinski definition) is 1. The van der Waals surface area contributed by atoms with Crippen LogP contribution in [0.25, 0.3) is 11.5 Å². The molecular formula is C31H35NO5. The topological polar surface area (TPSA) is 81.8 Å². The van der Waals surface area contributed by atoms with Crippen LogP contribution in [0.2, 0.25) is 0 Å². The summed E-state index contributed by atoms with van der Waals surface area (Å²) in [6.45, 7) is 8.25. The summed E-state index contributed by atoms with van der Waals surface area (Å²) >= 11 is 0. The Kier molecular flexibility index (Phi) is 9.90. The maximum Gasteiger partial charge on any atom is 0.348 e. The molecule has 3 aromatic carbocycles. The molecule has 0 aliphatic rings. The Balaban J connectivity index is 0.00000121. The van der Waals surface area contributed by atoms with Crippen molar-refractivity contribution in [2.75, 3.05) is 6.61 Å². The van der Waals surface area contributed by atoms with E-state index in [1.807, 2.05) is 73.7 Å². The largest absolute Gasteiger partial charge is 0.493 e. The third-order valence-electron chi connectivity index (χ3n) is 5.48. The minimum absolute atomic E-state index is 0.220. The summed E-state index contributed by atoms with van der Waals surface area (Å²) in [5.41, 5.74) is 2.29. The molecule has 0 saturated carbocycles. The van der Waals surface area contributed by atoms with Crippen LogP contribution in [0.15, 0.2) is 89.5 Å². The van der Waals surface area contributed by atoms with Crippen LogP contribution in [0, 0.1) is 6.92 Å². The minimum Gasteiger partial charge on any atom is -0.493 e. The summed E-state index contributed by atoms with van der Waals surface area (Å²) in [4.78, 5) is 16.5. The first kappa shape index (κ1) is 27.5. The van der Waals surface area contributed by atoms with E-state index in [2.05, 4.69) is 18.8 Å². The highest BCUT2D eigenvalue weighted by Crippen LogP contribution is 2.25. The van der Waals surface area contributed by atoms with Crippen molar-refractivity contribution in [2.45, 2.75) is 52.6 Å². The number of aromatic nitrogens is 1. The first-order valence-corrected chi connectivity index (χ1v) is 12.5. The number of carboxylic acids is 1. The second-order valence-corrected chi connectivity index (χ2v) is 9.09. The Morgan fingerprint density at radius 2 is 1.57 bits per heavy atom. The van der Waals surface area contributed by atoms with E-state index < -0.39 is 11.6 Å². The van der Waals surface area contributed by atoms with Crippen LogP contribution >= 0.6 is 0 Å². The summed E-state index contributed by atoms with van der Waals surface area (Å²) in [6, 6.07) is 24.5. The van der Waals surface area contributed by atoms with Crippen molar-refractivity contribution < 1.29 is 23.8 Å². The molecule has 0 fully saturated rings. The number of rotatable bonds is 10. The highest BCUT2D eigenvalue weighted by atomic mass is 16.5. The monoisotopic (exact) mass is 501 g/mol. The molecule has 0 radical (unpaired) electrons. The Hall–Kier alpha value is -4.06. The predicted octanol–water partition coefficient (Wildman–Crippen LogP) is 7.15. The van der Waals surface area contributed by atoms with Crippen molar-refractivity contribution in [3.63, 3.8) is 0 Å². The molecule has 4 rings (SSSR count). The Morgan fingerprint density at radius 1 is 0.946 bits per heavy atom. The molecule has 1 aromatic heterocycles. The summed E-state index contributed by atoms with van der Waals surface area (Å²) in [7, 11) is 0. The van der Waals surface area contributed by atoms with Crippen molar-refractivity contribution in [3.8, 4) is 23.0 Å². The van der Waals surface area contributed by atoms with Crippen molar-refractivity contribution in [1.29, 1.82) is 0 Å². The Bertz CT molecular complexity index is 1230. The lowest BCUT2D eigenvalue weighted by atomic mass is 9.96. The smallest absolute Gasteiger partial charge is 0.348 e. The molecular weight excluding hydrogens is 466 g/mol. The van der Waals surface area contributed by atoms with Crippen LogP contribution in [-0.2, 0) is 17.6 Å². The number of hydrogen-bond acceptors (Lipinski definition) is 5.